The van der Waals surface area contributed by atoms with Crippen molar-refractivity contribution in [2.45, 2.75) is 113 Å². The summed E-state index contributed by atoms with van der Waals surface area (Å²) in [5.41, 5.74) is 2.80. The number of anilines is 1. The molecular weight excluding hydrogens is 532 g/mol. The first-order chi connectivity index (χ1) is 18.9. The van der Waals surface area contributed by atoms with Crippen molar-refractivity contribution in [1.29, 1.82) is 0 Å². The molecule has 0 radical (unpaired) electrons. The molecular formula is C32H52ClF2N3O2. The van der Waals surface area contributed by atoms with Gasteiger partial charge >= 0.3 is 0 Å². The van der Waals surface area contributed by atoms with Crippen LogP contribution < -0.4 is 5.32 Å². The SMILES string of the molecule is CC1COC1.CC=O.CCCC.CCc1c(CCCCC(C)C)nc(Cl)nc1NCc1cccc(C(C)(F)F)c1. The molecule has 2 aromatic rings. The Morgan fingerprint density at radius 3 is 2.20 bits per heavy atom. The average molecular weight is 584 g/mol. The fourth-order valence-corrected chi connectivity index (χ4v) is 3.75. The first kappa shape index (κ1) is 37.9. The summed E-state index contributed by atoms with van der Waals surface area (Å²) in [6.45, 7) is 17.8. The van der Waals surface area contributed by atoms with Crippen molar-refractivity contribution in [3.8, 4) is 0 Å². The second-order valence-corrected chi connectivity index (χ2v) is 10.9. The molecule has 0 spiro atoms. The molecule has 1 aliphatic rings. The number of nitrogens with one attached hydrogen (secondary N) is 1. The Bertz CT molecular complexity index is 946. The molecule has 2 heterocycles. The van der Waals surface area contributed by atoms with Gasteiger partial charge in [0.05, 0.1) is 18.9 Å². The fourth-order valence-electron chi connectivity index (χ4n) is 3.56. The maximum atomic E-state index is 13.6. The number of nitrogens with zero attached hydrogens (tertiary/aromatic N) is 2. The standard InChI is InChI=1S/C22H30ClF2N3.C4H8O.C4H10.C2H4O/c1-5-18-19(12-7-6-9-15(2)3)27-21(23)28-20(18)26-14-16-10-8-11-17(13-16)22(4,24)25;1-4-2-5-3-4;1-3-4-2;1-2-3/h8,10-11,13,15H,5-7,9,12,14H2,1-4H3,(H,26,27,28);4H,2-3H2,1H3;3-4H2,1-2H3;2H,1H3. The normalized spacial score (nSPS) is 12.6. The third-order valence-corrected chi connectivity index (χ3v) is 6.23. The van der Waals surface area contributed by atoms with Gasteiger partial charge in [-0.3, -0.25) is 0 Å². The van der Waals surface area contributed by atoms with Gasteiger partial charge in [0.15, 0.2) is 0 Å². The van der Waals surface area contributed by atoms with Crippen LogP contribution in [0.25, 0.3) is 0 Å². The Morgan fingerprint density at radius 2 is 1.75 bits per heavy atom. The van der Waals surface area contributed by atoms with Crippen molar-refractivity contribution in [3.05, 3.63) is 51.9 Å². The van der Waals surface area contributed by atoms with E-state index in [1.54, 1.807) is 6.07 Å². The summed E-state index contributed by atoms with van der Waals surface area (Å²) in [4.78, 5) is 17.6. The van der Waals surface area contributed by atoms with E-state index in [-0.39, 0.29) is 10.8 Å². The highest BCUT2D eigenvalue weighted by atomic mass is 35.5. The van der Waals surface area contributed by atoms with Crippen LogP contribution in [-0.4, -0.2) is 29.5 Å². The number of hydrogen-bond donors (Lipinski definition) is 1. The van der Waals surface area contributed by atoms with Gasteiger partial charge in [-0.1, -0.05) is 85.4 Å². The third-order valence-electron chi connectivity index (χ3n) is 6.06. The van der Waals surface area contributed by atoms with Gasteiger partial charge in [0.25, 0.3) is 5.92 Å². The minimum atomic E-state index is -2.86. The van der Waals surface area contributed by atoms with Crippen LogP contribution in [0.4, 0.5) is 14.6 Å². The van der Waals surface area contributed by atoms with Gasteiger partial charge in [0.2, 0.25) is 5.28 Å². The number of benzene rings is 1. The van der Waals surface area contributed by atoms with Crippen LogP contribution in [0.15, 0.2) is 24.3 Å². The highest BCUT2D eigenvalue weighted by Crippen LogP contribution is 2.28. The van der Waals surface area contributed by atoms with Crippen molar-refractivity contribution < 1.29 is 18.3 Å². The lowest BCUT2D eigenvalue weighted by Gasteiger charge is -2.20. The molecule has 5 nitrogen and oxygen atoms in total. The molecule has 0 saturated carbocycles. The number of unbranched alkanes of at least 4 members (excludes halogenated alkanes) is 2. The minimum absolute atomic E-state index is 0.00840. The first-order valence-corrected chi connectivity index (χ1v) is 15.0. The van der Waals surface area contributed by atoms with E-state index in [2.05, 4.69) is 56.8 Å². The Kier molecular flexibility index (Phi) is 20.5. The Morgan fingerprint density at radius 1 is 1.15 bits per heavy atom. The van der Waals surface area contributed by atoms with Crippen LogP contribution in [0, 0.1) is 11.8 Å². The van der Waals surface area contributed by atoms with E-state index < -0.39 is 5.92 Å². The minimum Gasteiger partial charge on any atom is -0.381 e. The largest absolute Gasteiger partial charge is 0.381 e. The molecule has 0 bridgehead atoms. The quantitative estimate of drug-likeness (QED) is 0.162. The first-order valence-electron chi connectivity index (χ1n) is 14.7. The summed E-state index contributed by atoms with van der Waals surface area (Å²) in [5, 5.41) is 3.48. The molecule has 0 atom stereocenters. The predicted molar refractivity (Wildman–Crippen MR) is 164 cm³/mol. The molecule has 0 amide bonds. The monoisotopic (exact) mass is 583 g/mol. The predicted octanol–water partition coefficient (Wildman–Crippen LogP) is 9.45. The Hall–Kier alpha value is -2.12. The summed E-state index contributed by atoms with van der Waals surface area (Å²) in [7, 11) is 0. The summed E-state index contributed by atoms with van der Waals surface area (Å²) in [6, 6.07) is 6.44. The lowest BCUT2D eigenvalue weighted by molar-refractivity contribution is -0.106. The molecule has 1 fully saturated rings. The van der Waals surface area contributed by atoms with Crippen molar-refractivity contribution in [1.82, 2.24) is 9.97 Å². The third kappa shape index (κ3) is 16.9. The zero-order chi connectivity index (χ0) is 30.6. The average Bonchev–Trinajstić information content (AvgIpc) is 2.89. The number of aryl methyl sites for hydroxylation is 1. The zero-order valence-corrected chi connectivity index (χ0v) is 26.7. The molecule has 1 aromatic carbocycles. The van der Waals surface area contributed by atoms with Gasteiger partial charge in [-0.2, -0.15) is 0 Å². The second-order valence-electron chi connectivity index (χ2n) is 10.6. The number of carbonyl (C=O) groups excluding carboxylic acids is 1. The summed E-state index contributed by atoms with van der Waals surface area (Å²) >= 11 is 6.15. The number of alkyl halides is 2. The number of ether oxygens (including phenoxy) is 1. The lowest BCUT2D eigenvalue weighted by atomic mass is 10.0. The molecule has 1 saturated heterocycles. The Balaban J connectivity index is 0.00000105. The number of carbonyl (C=O) groups is 1. The molecule has 1 aromatic heterocycles. The van der Waals surface area contributed by atoms with E-state index in [0.717, 1.165) is 74.8 Å². The van der Waals surface area contributed by atoms with Gasteiger partial charge in [-0.05, 0) is 55.3 Å². The van der Waals surface area contributed by atoms with Gasteiger partial charge in [-0.25, -0.2) is 18.7 Å². The van der Waals surface area contributed by atoms with Crippen LogP contribution in [0.2, 0.25) is 5.28 Å². The summed E-state index contributed by atoms with van der Waals surface area (Å²) < 4.78 is 32.0. The molecule has 228 valence electrons. The second kappa shape index (κ2) is 21.6. The van der Waals surface area contributed by atoms with Crippen LogP contribution in [-0.2, 0) is 34.8 Å². The molecule has 1 aliphatic heterocycles. The fraction of sp³-hybridized carbons (Fsp3) is 0.656. The van der Waals surface area contributed by atoms with E-state index in [4.69, 9.17) is 21.1 Å². The van der Waals surface area contributed by atoms with Crippen molar-refractivity contribution in [2.75, 3.05) is 18.5 Å². The van der Waals surface area contributed by atoms with E-state index in [9.17, 15) is 8.78 Å². The highest BCUT2D eigenvalue weighted by molar-refractivity contribution is 6.28. The molecule has 0 unspecified atom stereocenters. The topological polar surface area (TPSA) is 64.1 Å². The van der Waals surface area contributed by atoms with Gasteiger partial charge < -0.3 is 14.8 Å². The smallest absolute Gasteiger partial charge is 0.270 e. The van der Waals surface area contributed by atoms with E-state index in [1.807, 2.05) is 6.07 Å². The maximum Gasteiger partial charge on any atom is 0.270 e. The van der Waals surface area contributed by atoms with Gasteiger partial charge in [0, 0.05) is 30.5 Å². The van der Waals surface area contributed by atoms with Crippen LogP contribution in [0.3, 0.4) is 0 Å². The molecule has 1 N–H and O–H groups in total. The van der Waals surface area contributed by atoms with E-state index in [0.29, 0.717) is 18.3 Å². The Labute approximate surface area is 246 Å². The van der Waals surface area contributed by atoms with Crippen LogP contribution in [0.5, 0.6) is 0 Å². The summed E-state index contributed by atoms with van der Waals surface area (Å²) in [6.07, 6.45) is 8.45. The number of halogens is 3. The number of aromatic nitrogens is 2. The van der Waals surface area contributed by atoms with Crippen LogP contribution >= 0.6 is 11.6 Å². The van der Waals surface area contributed by atoms with Crippen LogP contribution in [0.1, 0.15) is 110 Å². The molecule has 3 rings (SSSR count). The molecule has 0 aliphatic carbocycles. The van der Waals surface area contributed by atoms with Crippen molar-refractivity contribution in [2.24, 2.45) is 11.8 Å². The van der Waals surface area contributed by atoms with E-state index >= 15 is 0 Å². The number of hydrogen-bond acceptors (Lipinski definition) is 5. The molecule has 8 heteroatoms. The van der Waals surface area contributed by atoms with Crippen molar-refractivity contribution >= 4 is 23.7 Å². The number of rotatable bonds is 11. The number of aldehydes is 1. The van der Waals surface area contributed by atoms with Gasteiger partial charge in [-0.15, -0.1) is 0 Å². The van der Waals surface area contributed by atoms with Crippen molar-refractivity contribution in [3.63, 3.8) is 0 Å². The summed E-state index contributed by atoms with van der Waals surface area (Å²) in [5.74, 6) is -0.625. The lowest BCUT2D eigenvalue weighted by Crippen LogP contribution is -2.23. The maximum absolute atomic E-state index is 13.6. The van der Waals surface area contributed by atoms with Gasteiger partial charge in [0.1, 0.15) is 12.1 Å². The highest BCUT2D eigenvalue weighted by Gasteiger charge is 2.24. The molecule has 40 heavy (non-hydrogen) atoms. The van der Waals surface area contributed by atoms with E-state index in [1.165, 1.54) is 38.3 Å². The zero-order valence-electron chi connectivity index (χ0n) is 26.0.